The van der Waals surface area contributed by atoms with Crippen molar-refractivity contribution in [3.05, 3.63) is 101 Å². The third-order valence-electron chi connectivity index (χ3n) is 5.16. The monoisotopic (exact) mass is 498 g/mol. The Morgan fingerprint density at radius 1 is 0.559 bits per heavy atom. The van der Waals surface area contributed by atoms with Gasteiger partial charge < -0.3 is 20.2 Å². The smallest absolute Gasteiger partial charge is 0.115 e. The topological polar surface area (TPSA) is 97.8 Å². The summed E-state index contributed by atoms with van der Waals surface area (Å²) in [5.41, 5.74) is 8.67. The Morgan fingerprint density at radius 3 is 1.41 bits per heavy atom. The molecule has 4 N–H and O–H groups in total. The maximum Gasteiger partial charge on any atom is 0.115 e. The van der Waals surface area contributed by atoms with Gasteiger partial charge in [0.05, 0.1) is 29.4 Å². The molecule has 5 heterocycles. The Balaban J connectivity index is 0.000000234. The summed E-state index contributed by atoms with van der Waals surface area (Å²) in [5.74, 6) is 0.229. The molecule has 2 aliphatic rings. The Kier molecular flexibility index (Phi) is 7.16. The molecule has 0 atom stereocenters. The number of hydrogen-bond acceptors (Lipinski definition) is 4. The van der Waals surface area contributed by atoms with E-state index in [1.807, 2.05) is 42.5 Å². The predicted molar refractivity (Wildman–Crippen MR) is 133 cm³/mol. The minimum Gasteiger partial charge on any atom is -0.508 e. The van der Waals surface area contributed by atoms with Crippen LogP contribution in [0.25, 0.3) is 46.4 Å². The molecule has 2 aliphatic heterocycles. The van der Waals surface area contributed by atoms with Crippen LogP contribution in [-0.4, -0.2) is 30.1 Å². The molecule has 164 valence electrons. The van der Waals surface area contributed by atoms with Crippen molar-refractivity contribution < 1.29 is 29.7 Å². The van der Waals surface area contributed by atoms with Crippen molar-refractivity contribution in [1.82, 2.24) is 19.9 Å². The molecule has 1 aromatic carbocycles. The first kappa shape index (κ1) is 23.4. The van der Waals surface area contributed by atoms with Crippen LogP contribution in [0.1, 0.15) is 28.3 Å². The molecule has 0 unspecified atom stereocenters. The molecule has 6 rings (SSSR count). The first-order valence-electron chi connectivity index (χ1n) is 10.6. The zero-order valence-corrected chi connectivity index (χ0v) is 21.4. The van der Waals surface area contributed by atoms with E-state index in [-0.39, 0.29) is 31.8 Å². The quantitative estimate of drug-likeness (QED) is 0.223. The summed E-state index contributed by atoms with van der Waals surface area (Å²) in [4.78, 5) is 16.0. The zero-order chi connectivity index (χ0) is 22.6. The molecule has 0 fully saturated rings. The van der Waals surface area contributed by atoms with Gasteiger partial charge in [-0.2, -0.15) is 0 Å². The summed E-state index contributed by atoms with van der Waals surface area (Å²) < 4.78 is 0. The van der Waals surface area contributed by atoms with Crippen molar-refractivity contribution in [3.63, 3.8) is 0 Å². The van der Waals surface area contributed by atoms with Gasteiger partial charge in [0.25, 0.3) is 0 Å². The molecule has 7 heteroatoms. The van der Waals surface area contributed by atoms with Gasteiger partial charge in [0, 0.05) is 41.5 Å². The number of nitrogens with zero attached hydrogens (tertiary/aromatic N) is 2. The fraction of sp³-hybridized carbons (Fsp3) is 0.0370. The molecule has 0 saturated heterocycles. The third-order valence-corrected chi connectivity index (χ3v) is 5.16. The Morgan fingerprint density at radius 2 is 0.971 bits per heavy atom. The summed E-state index contributed by atoms with van der Waals surface area (Å²) in [6, 6.07) is 22.9. The normalized spacial score (nSPS) is 11.4. The zero-order valence-electron chi connectivity index (χ0n) is 18.4. The van der Waals surface area contributed by atoms with Gasteiger partial charge in [-0.05, 0) is 90.5 Å². The van der Waals surface area contributed by atoms with Crippen LogP contribution >= 0.6 is 0 Å². The Bertz CT molecular complexity index is 1430. The van der Waals surface area contributed by atoms with E-state index in [0.29, 0.717) is 0 Å². The standard InChI is InChI=1S/C20H14N4.C7H8O2.Zn/c1-2-14-10-16-5-6-18(23-16)12-20-8-7-19(24-20)11-17-4-3-15(22-17)9-13(1)21-14;8-5-6-1-3-7(9)4-2-6;/h1-12,21-22H;1-4,8-9H,5H2;. The summed E-state index contributed by atoms with van der Waals surface area (Å²) in [6.07, 6.45) is 8.05. The fourth-order valence-corrected chi connectivity index (χ4v) is 3.55. The van der Waals surface area contributed by atoms with Gasteiger partial charge in [-0.25, -0.2) is 9.97 Å². The largest absolute Gasteiger partial charge is 0.508 e. The number of aliphatic hydroxyl groups is 1. The van der Waals surface area contributed by atoms with Crippen molar-refractivity contribution in [2.24, 2.45) is 0 Å². The number of benzene rings is 1. The van der Waals surface area contributed by atoms with Gasteiger partial charge >= 0.3 is 0 Å². The first-order valence-corrected chi connectivity index (χ1v) is 10.6. The minimum atomic E-state index is 0. The molecular formula is C27H22N4O2Zn. The molecule has 6 nitrogen and oxygen atoms in total. The van der Waals surface area contributed by atoms with Gasteiger partial charge in [-0.3, -0.25) is 0 Å². The molecule has 8 bridgehead atoms. The number of aromatic nitrogens is 4. The second-order valence-electron chi connectivity index (χ2n) is 7.73. The van der Waals surface area contributed by atoms with Crippen LogP contribution in [0, 0.1) is 0 Å². The molecule has 0 aliphatic carbocycles. The van der Waals surface area contributed by atoms with Crippen molar-refractivity contribution >= 4 is 46.4 Å². The number of nitrogens with one attached hydrogen (secondary N) is 2. The second kappa shape index (κ2) is 10.4. The number of phenols is 1. The Hall–Kier alpha value is -3.80. The molecule has 4 aromatic rings. The molecule has 34 heavy (non-hydrogen) atoms. The van der Waals surface area contributed by atoms with Gasteiger partial charge in [-0.1, -0.05) is 12.1 Å². The van der Waals surface area contributed by atoms with E-state index in [2.05, 4.69) is 50.3 Å². The van der Waals surface area contributed by atoms with E-state index >= 15 is 0 Å². The number of fused-ring (bicyclic) bond motifs is 8. The van der Waals surface area contributed by atoms with E-state index < -0.39 is 0 Å². The van der Waals surface area contributed by atoms with Crippen molar-refractivity contribution in [2.75, 3.05) is 0 Å². The van der Waals surface area contributed by atoms with E-state index in [1.165, 1.54) is 0 Å². The fourth-order valence-electron chi connectivity index (χ4n) is 3.55. The molecule has 0 radical (unpaired) electrons. The average Bonchev–Trinajstić information content (AvgIpc) is 3.61. The van der Waals surface area contributed by atoms with Crippen LogP contribution in [0.15, 0.2) is 72.8 Å². The predicted octanol–water partition coefficient (Wildman–Crippen LogP) is 5.54. The number of aromatic amines is 2. The summed E-state index contributed by atoms with van der Waals surface area (Å²) in [7, 11) is 0. The van der Waals surface area contributed by atoms with Crippen LogP contribution in [-0.2, 0) is 26.1 Å². The number of aliphatic hydroxyl groups excluding tert-OH is 1. The number of hydrogen-bond donors (Lipinski definition) is 4. The third kappa shape index (κ3) is 5.76. The molecule has 0 amide bonds. The molecule has 0 spiro atoms. The number of aromatic hydroxyl groups is 1. The number of H-pyrrole nitrogens is 2. The van der Waals surface area contributed by atoms with Crippen LogP contribution in [0.2, 0.25) is 0 Å². The van der Waals surface area contributed by atoms with Crippen LogP contribution in [0.4, 0.5) is 0 Å². The maximum absolute atomic E-state index is 8.77. The van der Waals surface area contributed by atoms with Crippen LogP contribution < -0.4 is 0 Å². The minimum absolute atomic E-state index is 0. The van der Waals surface area contributed by atoms with Crippen molar-refractivity contribution in [2.45, 2.75) is 6.61 Å². The van der Waals surface area contributed by atoms with Gasteiger partial charge in [0.2, 0.25) is 0 Å². The van der Waals surface area contributed by atoms with Crippen LogP contribution in [0.5, 0.6) is 5.75 Å². The molecule has 0 saturated carbocycles. The maximum atomic E-state index is 8.77. The van der Waals surface area contributed by atoms with Crippen molar-refractivity contribution in [3.8, 4) is 5.75 Å². The van der Waals surface area contributed by atoms with E-state index in [9.17, 15) is 0 Å². The second-order valence-corrected chi connectivity index (χ2v) is 7.73. The van der Waals surface area contributed by atoms with Gasteiger partial charge in [-0.15, -0.1) is 0 Å². The summed E-state index contributed by atoms with van der Waals surface area (Å²) >= 11 is 0. The molecular weight excluding hydrogens is 478 g/mol. The average molecular weight is 500 g/mol. The number of phenolic OH excluding ortho intramolecular Hbond substituents is 1. The molecule has 3 aromatic heterocycles. The van der Waals surface area contributed by atoms with E-state index in [4.69, 9.17) is 10.2 Å². The first-order chi connectivity index (χ1) is 16.1. The van der Waals surface area contributed by atoms with Crippen molar-refractivity contribution in [1.29, 1.82) is 0 Å². The van der Waals surface area contributed by atoms with Crippen LogP contribution in [0.3, 0.4) is 0 Å². The SMILES string of the molecule is C1=Cc2cc3ccc(cc4ccc(cc5nc(cc1n2)C=C5)[nH]4)[nH]3.OCc1ccc(O)cc1.[Zn]. The van der Waals surface area contributed by atoms with Gasteiger partial charge in [0.15, 0.2) is 0 Å². The van der Waals surface area contributed by atoms with E-state index in [0.717, 1.165) is 50.4 Å². The van der Waals surface area contributed by atoms with E-state index in [1.54, 1.807) is 24.3 Å². The summed E-state index contributed by atoms with van der Waals surface area (Å²) in [5, 5.41) is 17.3. The summed E-state index contributed by atoms with van der Waals surface area (Å²) in [6.45, 7) is 0.0281. The number of rotatable bonds is 1. The Labute approximate surface area is 209 Å². The van der Waals surface area contributed by atoms with Gasteiger partial charge in [0.1, 0.15) is 5.75 Å².